The van der Waals surface area contributed by atoms with E-state index < -0.39 is 5.13 Å². The molecule has 0 saturated carbocycles. The number of rotatable bonds is 3. The van der Waals surface area contributed by atoms with Crippen LogP contribution in [0.3, 0.4) is 0 Å². The predicted octanol–water partition coefficient (Wildman–Crippen LogP) is 4.53. The van der Waals surface area contributed by atoms with Gasteiger partial charge >= 0.3 is 0 Å². The number of aromatic nitrogens is 2. The van der Waals surface area contributed by atoms with Gasteiger partial charge in [0.25, 0.3) is 5.56 Å². The molecule has 3 aromatic rings. The zero-order valence-corrected chi connectivity index (χ0v) is 16.9. The van der Waals surface area contributed by atoms with Gasteiger partial charge in [-0.05, 0) is 30.9 Å². The van der Waals surface area contributed by atoms with E-state index in [1.54, 1.807) is 16.7 Å². The van der Waals surface area contributed by atoms with Crippen molar-refractivity contribution in [3.05, 3.63) is 56.9 Å². The second-order valence-electron chi connectivity index (χ2n) is 6.38. The molecule has 0 atom stereocenters. The summed E-state index contributed by atoms with van der Waals surface area (Å²) in [5.74, 6) is 0.563. The van der Waals surface area contributed by atoms with Crippen molar-refractivity contribution in [2.24, 2.45) is 0 Å². The molecule has 28 heavy (non-hydrogen) atoms. The van der Waals surface area contributed by atoms with Gasteiger partial charge in [0.15, 0.2) is 5.13 Å². The van der Waals surface area contributed by atoms with Gasteiger partial charge in [0.2, 0.25) is 5.95 Å². The molecule has 0 spiro atoms. The van der Waals surface area contributed by atoms with E-state index in [0.29, 0.717) is 21.7 Å². The maximum Gasteiger partial charge on any atom is 0.273 e. The number of nitrogens with zero attached hydrogens (tertiary/aromatic N) is 4. The maximum atomic E-state index is 13.7. The number of fused-ring (bicyclic) bond motifs is 1. The molecule has 3 heterocycles. The van der Waals surface area contributed by atoms with Crippen molar-refractivity contribution >= 4 is 27.5 Å². The standard InChI is InChI=1S/C19H17FN4OS.C2H6/c20-16-10-15-17(26-16)18(25)24(12-14-7-3-2-6-13(14)11-21)19(22-15)23-8-4-1-5-9-23;1-2/h2-3,6-7,10H,1,4-5,8-9,12H2;1-2H3. The Morgan fingerprint density at radius 2 is 1.93 bits per heavy atom. The molecule has 146 valence electrons. The third-order valence-corrected chi connectivity index (χ3v) is 5.59. The predicted molar refractivity (Wildman–Crippen MR) is 112 cm³/mol. The Hall–Kier alpha value is -2.72. The average Bonchev–Trinajstić information content (AvgIpc) is 3.13. The molecule has 1 aliphatic heterocycles. The van der Waals surface area contributed by atoms with Crippen molar-refractivity contribution in [3.8, 4) is 6.07 Å². The molecular formula is C21H23FN4OS. The molecule has 0 N–H and O–H groups in total. The monoisotopic (exact) mass is 398 g/mol. The van der Waals surface area contributed by atoms with Crippen LogP contribution in [0, 0.1) is 16.5 Å². The van der Waals surface area contributed by atoms with Crippen molar-refractivity contribution < 1.29 is 4.39 Å². The van der Waals surface area contributed by atoms with E-state index in [1.807, 2.05) is 26.0 Å². The Kier molecular flexibility index (Phi) is 6.42. The Morgan fingerprint density at radius 1 is 1.21 bits per heavy atom. The van der Waals surface area contributed by atoms with Crippen LogP contribution >= 0.6 is 11.3 Å². The van der Waals surface area contributed by atoms with Crippen LogP contribution in [0.2, 0.25) is 0 Å². The minimum Gasteiger partial charge on any atom is -0.342 e. The fourth-order valence-corrected chi connectivity index (χ4v) is 4.16. The first kappa shape index (κ1) is 20.0. The van der Waals surface area contributed by atoms with Gasteiger partial charge < -0.3 is 4.90 Å². The summed E-state index contributed by atoms with van der Waals surface area (Å²) in [6, 6.07) is 10.7. The highest BCUT2D eigenvalue weighted by Crippen LogP contribution is 2.25. The summed E-state index contributed by atoms with van der Waals surface area (Å²) in [4.78, 5) is 19.8. The van der Waals surface area contributed by atoms with E-state index in [4.69, 9.17) is 0 Å². The van der Waals surface area contributed by atoms with Crippen molar-refractivity contribution in [1.29, 1.82) is 5.26 Å². The minimum atomic E-state index is -0.413. The van der Waals surface area contributed by atoms with Crippen LogP contribution in [0.5, 0.6) is 0 Å². The number of piperidine rings is 1. The Morgan fingerprint density at radius 3 is 2.64 bits per heavy atom. The number of thiophene rings is 1. The molecule has 0 aliphatic carbocycles. The summed E-state index contributed by atoms with van der Waals surface area (Å²) in [6.45, 7) is 5.89. The molecule has 4 rings (SSSR count). The van der Waals surface area contributed by atoms with Crippen LogP contribution in [0.1, 0.15) is 44.2 Å². The summed E-state index contributed by atoms with van der Waals surface area (Å²) in [6.07, 6.45) is 3.24. The Bertz CT molecular complexity index is 1060. The quantitative estimate of drug-likeness (QED) is 0.650. The minimum absolute atomic E-state index is 0.247. The van der Waals surface area contributed by atoms with Gasteiger partial charge in [0, 0.05) is 19.2 Å². The van der Waals surface area contributed by atoms with E-state index in [9.17, 15) is 14.4 Å². The summed E-state index contributed by atoms with van der Waals surface area (Å²) >= 11 is 0.823. The number of hydrogen-bond acceptors (Lipinski definition) is 5. The molecule has 0 bridgehead atoms. The molecule has 0 amide bonds. The lowest BCUT2D eigenvalue weighted by Crippen LogP contribution is -2.36. The van der Waals surface area contributed by atoms with Crippen LogP contribution in [-0.4, -0.2) is 22.6 Å². The van der Waals surface area contributed by atoms with E-state index in [1.165, 1.54) is 6.07 Å². The van der Waals surface area contributed by atoms with Crippen LogP contribution in [0.4, 0.5) is 10.3 Å². The van der Waals surface area contributed by atoms with Crippen LogP contribution < -0.4 is 10.5 Å². The van der Waals surface area contributed by atoms with Crippen molar-refractivity contribution in [2.45, 2.75) is 39.7 Å². The Labute approximate surface area is 167 Å². The molecule has 7 heteroatoms. The van der Waals surface area contributed by atoms with Gasteiger partial charge in [-0.15, -0.1) is 0 Å². The molecular weight excluding hydrogens is 375 g/mol. The number of benzene rings is 1. The van der Waals surface area contributed by atoms with E-state index in [-0.39, 0.29) is 12.1 Å². The first-order chi connectivity index (χ1) is 13.7. The van der Waals surface area contributed by atoms with E-state index in [0.717, 1.165) is 49.3 Å². The molecule has 1 aliphatic rings. The number of nitriles is 1. The van der Waals surface area contributed by atoms with Gasteiger partial charge in [-0.1, -0.05) is 43.4 Å². The molecule has 0 unspecified atom stereocenters. The summed E-state index contributed by atoms with van der Waals surface area (Å²) in [5, 5.41) is 8.94. The zero-order chi connectivity index (χ0) is 20.1. The van der Waals surface area contributed by atoms with Crippen molar-refractivity contribution in [2.75, 3.05) is 18.0 Å². The lowest BCUT2D eigenvalue weighted by Gasteiger charge is -2.29. The zero-order valence-electron chi connectivity index (χ0n) is 16.1. The first-order valence-corrected chi connectivity index (χ1v) is 10.4. The van der Waals surface area contributed by atoms with Crippen molar-refractivity contribution in [1.82, 2.24) is 9.55 Å². The number of hydrogen-bond donors (Lipinski definition) is 0. The van der Waals surface area contributed by atoms with Gasteiger partial charge in [-0.25, -0.2) is 4.98 Å². The lowest BCUT2D eigenvalue weighted by atomic mass is 10.1. The van der Waals surface area contributed by atoms with Gasteiger partial charge in [0.1, 0.15) is 4.70 Å². The fourth-order valence-electron chi connectivity index (χ4n) is 3.39. The SMILES string of the molecule is CC.N#Cc1ccccc1Cn1c(N2CCCCC2)nc2cc(F)sc2c1=O. The molecule has 2 aromatic heterocycles. The average molecular weight is 399 g/mol. The summed E-state index contributed by atoms with van der Waals surface area (Å²) in [7, 11) is 0. The fraction of sp³-hybridized carbons (Fsp3) is 0.381. The molecule has 1 saturated heterocycles. The largest absolute Gasteiger partial charge is 0.342 e. The number of anilines is 1. The maximum absolute atomic E-state index is 13.7. The van der Waals surface area contributed by atoms with Gasteiger partial charge in [-0.2, -0.15) is 9.65 Å². The van der Waals surface area contributed by atoms with Crippen LogP contribution in [-0.2, 0) is 6.54 Å². The molecule has 1 fully saturated rings. The van der Waals surface area contributed by atoms with Crippen LogP contribution in [0.15, 0.2) is 35.1 Å². The highest BCUT2D eigenvalue weighted by Gasteiger charge is 2.21. The molecule has 0 radical (unpaired) electrons. The second kappa shape index (κ2) is 8.98. The smallest absolute Gasteiger partial charge is 0.273 e. The van der Waals surface area contributed by atoms with Gasteiger partial charge in [0.05, 0.1) is 23.7 Å². The highest BCUT2D eigenvalue weighted by molar-refractivity contribution is 7.17. The first-order valence-electron chi connectivity index (χ1n) is 9.60. The summed E-state index contributed by atoms with van der Waals surface area (Å²) in [5.41, 5.74) is 1.44. The van der Waals surface area contributed by atoms with E-state index >= 15 is 0 Å². The number of halogens is 1. The lowest BCUT2D eigenvalue weighted by molar-refractivity contribution is 0.553. The topological polar surface area (TPSA) is 61.9 Å². The third-order valence-electron chi connectivity index (χ3n) is 4.69. The van der Waals surface area contributed by atoms with Crippen LogP contribution in [0.25, 0.3) is 10.2 Å². The van der Waals surface area contributed by atoms with Crippen molar-refractivity contribution in [3.63, 3.8) is 0 Å². The molecule has 5 nitrogen and oxygen atoms in total. The normalized spacial score (nSPS) is 13.7. The Balaban J connectivity index is 0.00000109. The molecule has 1 aromatic carbocycles. The third kappa shape index (κ3) is 3.92. The second-order valence-corrected chi connectivity index (χ2v) is 7.39. The highest BCUT2D eigenvalue weighted by atomic mass is 32.1. The summed E-state index contributed by atoms with van der Waals surface area (Å²) < 4.78 is 15.6. The van der Waals surface area contributed by atoms with Gasteiger partial charge in [-0.3, -0.25) is 9.36 Å². The van der Waals surface area contributed by atoms with E-state index in [2.05, 4.69) is 16.0 Å².